The maximum absolute atomic E-state index is 8.77. The summed E-state index contributed by atoms with van der Waals surface area (Å²) in [6.07, 6.45) is 5.08. The molecule has 4 heteroatoms. The third kappa shape index (κ3) is 3.16. The molecule has 0 aliphatic carbocycles. The van der Waals surface area contributed by atoms with Crippen LogP contribution in [0.25, 0.3) is 0 Å². The van der Waals surface area contributed by atoms with Crippen molar-refractivity contribution < 1.29 is 4.42 Å². The molecule has 0 saturated carbocycles. The number of furan rings is 1. The standard InChI is InChI=1S/C13H13N3O/c1-16(9-12-3-5-17-10-12)8-11-2-4-15-13(6-11)7-14/h2-6,10H,8-9H2,1H3. The quantitative estimate of drug-likeness (QED) is 0.803. The van der Waals surface area contributed by atoms with Gasteiger partial charge in [0.25, 0.3) is 0 Å². The van der Waals surface area contributed by atoms with Gasteiger partial charge in [0.05, 0.1) is 12.5 Å². The minimum Gasteiger partial charge on any atom is -0.472 e. The third-order valence-electron chi connectivity index (χ3n) is 2.42. The molecule has 0 fully saturated rings. The molecule has 86 valence electrons. The summed E-state index contributed by atoms with van der Waals surface area (Å²) in [6.45, 7) is 1.60. The van der Waals surface area contributed by atoms with Crippen LogP contribution in [0.2, 0.25) is 0 Å². The van der Waals surface area contributed by atoms with E-state index in [0.717, 1.165) is 24.2 Å². The van der Waals surface area contributed by atoms with Crippen LogP contribution in [-0.2, 0) is 13.1 Å². The Kier molecular flexibility index (Phi) is 3.53. The first-order valence-electron chi connectivity index (χ1n) is 5.32. The zero-order valence-corrected chi connectivity index (χ0v) is 9.63. The van der Waals surface area contributed by atoms with E-state index in [2.05, 4.69) is 9.88 Å². The van der Waals surface area contributed by atoms with Gasteiger partial charge in [-0.25, -0.2) is 4.98 Å². The molecule has 0 bridgehead atoms. The van der Waals surface area contributed by atoms with Crippen molar-refractivity contribution in [3.63, 3.8) is 0 Å². The lowest BCUT2D eigenvalue weighted by Crippen LogP contribution is -2.16. The third-order valence-corrected chi connectivity index (χ3v) is 2.42. The molecule has 2 heterocycles. The number of pyridine rings is 1. The molecule has 0 amide bonds. The fourth-order valence-corrected chi connectivity index (χ4v) is 1.70. The number of nitriles is 1. The second-order valence-electron chi connectivity index (χ2n) is 3.97. The van der Waals surface area contributed by atoms with Crippen LogP contribution in [0.15, 0.2) is 41.3 Å². The number of aromatic nitrogens is 1. The summed E-state index contributed by atoms with van der Waals surface area (Å²) in [5.41, 5.74) is 2.68. The molecule has 17 heavy (non-hydrogen) atoms. The molecule has 4 nitrogen and oxygen atoms in total. The lowest BCUT2D eigenvalue weighted by Gasteiger charge is -2.15. The Labute approximate surface area is 100 Å². The van der Waals surface area contributed by atoms with Crippen molar-refractivity contribution in [2.75, 3.05) is 7.05 Å². The summed E-state index contributed by atoms with van der Waals surface area (Å²) in [6, 6.07) is 7.72. The maximum Gasteiger partial charge on any atom is 0.140 e. The SMILES string of the molecule is CN(Cc1ccoc1)Cc1ccnc(C#N)c1. The summed E-state index contributed by atoms with van der Waals surface area (Å²) in [5.74, 6) is 0. The van der Waals surface area contributed by atoms with E-state index in [4.69, 9.17) is 9.68 Å². The van der Waals surface area contributed by atoms with Crippen molar-refractivity contribution in [1.29, 1.82) is 5.26 Å². The zero-order valence-electron chi connectivity index (χ0n) is 9.63. The van der Waals surface area contributed by atoms with Crippen molar-refractivity contribution in [2.45, 2.75) is 13.1 Å². The van der Waals surface area contributed by atoms with Gasteiger partial charge in [0, 0.05) is 24.8 Å². The highest BCUT2D eigenvalue weighted by Gasteiger charge is 2.03. The second-order valence-corrected chi connectivity index (χ2v) is 3.97. The monoisotopic (exact) mass is 227 g/mol. The van der Waals surface area contributed by atoms with E-state index in [0.29, 0.717) is 5.69 Å². The topological polar surface area (TPSA) is 53.1 Å². The zero-order chi connectivity index (χ0) is 12.1. The summed E-state index contributed by atoms with van der Waals surface area (Å²) >= 11 is 0. The minimum absolute atomic E-state index is 0.458. The Morgan fingerprint density at radius 1 is 1.35 bits per heavy atom. The van der Waals surface area contributed by atoms with Crippen LogP contribution in [0.5, 0.6) is 0 Å². The molecule has 0 aliphatic rings. The smallest absolute Gasteiger partial charge is 0.140 e. The molecule has 0 aromatic carbocycles. The summed E-state index contributed by atoms with van der Waals surface area (Å²) < 4.78 is 5.02. The van der Waals surface area contributed by atoms with E-state index in [1.165, 1.54) is 0 Å². The second kappa shape index (κ2) is 5.28. The molecule has 0 N–H and O–H groups in total. The molecule has 2 aromatic rings. The fourth-order valence-electron chi connectivity index (χ4n) is 1.70. The van der Waals surface area contributed by atoms with Crippen molar-refractivity contribution >= 4 is 0 Å². The van der Waals surface area contributed by atoms with Crippen LogP contribution in [-0.4, -0.2) is 16.9 Å². The van der Waals surface area contributed by atoms with Crippen molar-refractivity contribution in [2.24, 2.45) is 0 Å². The molecule has 0 saturated heterocycles. The molecule has 2 rings (SSSR count). The van der Waals surface area contributed by atoms with E-state index in [-0.39, 0.29) is 0 Å². The Morgan fingerprint density at radius 2 is 2.18 bits per heavy atom. The number of rotatable bonds is 4. The van der Waals surface area contributed by atoms with Gasteiger partial charge in [0.1, 0.15) is 11.8 Å². The Balaban J connectivity index is 1.98. The van der Waals surface area contributed by atoms with Gasteiger partial charge >= 0.3 is 0 Å². The molecule has 0 atom stereocenters. The number of hydrogen-bond acceptors (Lipinski definition) is 4. The Bertz CT molecular complexity index is 514. The van der Waals surface area contributed by atoms with Crippen molar-refractivity contribution in [1.82, 2.24) is 9.88 Å². The minimum atomic E-state index is 0.458. The van der Waals surface area contributed by atoms with Crippen molar-refractivity contribution in [3.8, 4) is 6.07 Å². The summed E-state index contributed by atoms with van der Waals surface area (Å²) in [7, 11) is 2.03. The van der Waals surface area contributed by atoms with Crippen LogP contribution in [0.4, 0.5) is 0 Å². The van der Waals surface area contributed by atoms with Crippen LogP contribution in [0, 0.1) is 11.3 Å². The molecule has 0 aliphatic heterocycles. The Morgan fingerprint density at radius 3 is 2.88 bits per heavy atom. The van der Waals surface area contributed by atoms with Crippen LogP contribution in [0.1, 0.15) is 16.8 Å². The predicted molar refractivity (Wildman–Crippen MR) is 62.8 cm³/mol. The first-order valence-corrected chi connectivity index (χ1v) is 5.32. The van der Waals surface area contributed by atoms with Crippen LogP contribution >= 0.6 is 0 Å². The van der Waals surface area contributed by atoms with Gasteiger partial charge in [0.15, 0.2) is 0 Å². The van der Waals surface area contributed by atoms with Crippen molar-refractivity contribution in [3.05, 3.63) is 53.7 Å². The van der Waals surface area contributed by atoms with Gasteiger partial charge in [-0.3, -0.25) is 4.90 Å². The van der Waals surface area contributed by atoms with Gasteiger partial charge in [-0.15, -0.1) is 0 Å². The summed E-state index contributed by atoms with van der Waals surface area (Å²) in [5, 5.41) is 8.77. The molecule has 2 aromatic heterocycles. The van der Waals surface area contributed by atoms with Gasteiger partial charge in [-0.05, 0) is 30.8 Å². The highest BCUT2D eigenvalue weighted by molar-refractivity contribution is 5.25. The van der Waals surface area contributed by atoms with Gasteiger partial charge in [-0.2, -0.15) is 5.26 Å². The number of hydrogen-bond donors (Lipinski definition) is 0. The van der Waals surface area contributed by atoms with Gasteiger partial charge in [0.2, 0.25) is 0 Å². The lowest BCUT2D eigenvalue weighted by atomic mass is 10.2. The first-order chi connectivity index (χ1) is 8.28. The number of nitrogens with zero attached hydrogens (tertiary/aromatic N) is 3. The molecule has 0 spiro atoms. The highest BCUT2D eigenvalue weighted by Crippen LogP contribution is 2.08. The highest BCUT2D eigenvalue weighted by atomic mass is 16.3. The average molecular weight is 227 g/mol. The predicted octanol–water partition coefficient (Wildman–Crippen LogP) is 2.18. The summed E-state index contributed by atoms with van der Waals surface area (Å²) in [4.78, 5) is 6.10. The van der Waals surface area contributed by atoms with Crippen LogP contribution < -0.4 is 0 Å². The van der Waals surface area contributed by atoms with Gasteiger partial charge in [-0.1, -0.05) is 0 Å². The molecular formula is C13H13N3O. The van der Waals surface area contributed by atoms with E-state index in [9.17, 15) is 0 Å². The van der Waals surface area contributed by atoms with E-state index >= 15 is 0 Å². The molecule has 0 radical (unpaired) electrons. The van der Waals surface area contributed by atoms with Gasteiger partial charge < -0.3 is 4.42 Å². The van der Waals surface area contributed by atoms with E-state index < -0.39 is 0 Å². The molecular weight excluding hydrogens is 214 g/mol. The normalized spacial score (nSPS) is 10.4. The molecule has 0 unspecified atom stereocenters. The average Bonchev–Trinajstić information content (AvgIpc) is 2.82. The van der Waals surface area contributed by atoms with Crippen LogP contribution in [0.3, 0.4) is 0 Å². The maximum atomic E-state index is 8.77. The Hall–Kier alpha value is -2.12. The van der Waals surface area contributed by atoms with E-state index in [1.807, 2.05) is 31.3 Å². The van der Waals surface area contributed by atoms with E-state index in [1.54, 1.807) is 18.7 Å². The first kappa shape index (κ1) is 11.4. The fraction of sp³-hybridized carbons (Fsp3) is 0.231. The largest absolute Gasteiger partial charge is 0.472 e. The lowest BCUT2D eigenvalue weighted by molar-refractivity contribution is 0.317.